The Morgan fingerprint density at radius 3 is 2.53 bits per heavy atom. The number of hydrogen-bond donors (Lipinski definition) is 2. The molecule has 1 aliphatic heterocycles. The number of esters is 1. The molecule has 0 aromatic heterocycles. The van der Waals surface area contributed by atoms with E-state index in [1.165, 1.54) is 13.8 Å². The second-order valence-corrected chi connectivity index (χ2v) is 6.53. The highest BCUT2D eigenvalue weighted by atomic mass is 16.7. The van der Waals surface area contributed by atoms with Gasteiger partial charge >= 0.3 is 5.97 Å². The number of benzene rings is 2. The van der Waals surface area contributed by atoms with Gasteiger partial charge in [-0.2, -0.15) is 0 Å². The summed E-state index contributed by atoms with van der Waals surface area (Å²) in [6, 6.07) is 12.8. The fourth-order valence-corrected chi connectivity index (χ4v) is 2.56. The van der Waals surface area contributed by atoms with Crippen molar-refractivity contribution in [3.8, 4) is 17.2 Å². The minimum absolute atomic E-state index is 0.126. The van der Waals surface area contributed by atoms with E-state index in [2.05, 4.69) is 10.6 Å². The van der Waals surface area contributed by atoms with Gasteiger partial charge in [0.2, 0.25) is 6.79 Å². The smallest absolute Gasteiger partial charge is 0.329 e. The van der Waals surface area contributed by atoms with Crippen LogP contribution < -0.4 is 24.8 Å². The van der Waals surface area contributed by atoms with Gasteiger partial charge < -0.3 is 29.6 Å². The number of carbonyl (C=O) groups is 3. The topological polar surface area (TPSA) is 112 Å². The van der Waals surface area contributed by atoms with Gasteiger partial charge in [0.25, 0.3) is 11.8 Å². The summed E-state index contributed by atoms with van der Waals surface area (Å²) in [4.78, 5) is 36.4. The second kappa shape index (κ2) is 9.64. The summed E-state index contributed by atoms with van der Waals surface area (Å²) in [5.74, 6) is -0.0956. The summed E-state index contributed by atoms with van der Waals surface area (Å²) in [6.07, 6.45) is -1.07. The van der Waals surface area contributed by atoms with Crippen LogP contribution in [-0.2, 0) is 19.1 Å². The van der Waals surface area contributed by atoms with Crippen LogP contribution in [0.3, 0.4) is 0 Å². The highest BCUT2D eigenvalue weighted by Crippen LogP contribution is 2.34. The minimum Gasteiger partial charge on any atom is -0.484 e. The van der Waals surface area contributed by atoms with Gasteiger partial charge in [0, 0.05) is 11.8 Å². The van der Waals surface area contributed by atoms with Gasteiger partial charge in [-0.1, -0.05) is 18.2 Å². The lowest BCUT2D eigenvalue weighted by Crippen LogP contribution is -2.44. The van der Waals surface area contributed by atoms with Crippen molar-refractivity contribution in [3.05, 3.63) is 48.5 Å². The molecule has 1 heterocycles. The maximum absolute atomic E-state index is 12.3. The Morgan fingerprint density at radius 2 is 1.77 bits per heavy atom. The summed E-state index contributed by atoms with van der Waals surface area (Å²) < 4.78 is 20.9. The van der Waals surface area contributed by atoms with E-state index in [0.717, 1.165) is 0 Å². The Hall–Kier alpha value is -3.75. The molecule has 9 nitrogen and oxygen atoms in total. The third-order valence-electron chi connectivity index (χ3n) is 4.15. The van der Waals surface area contributed by atoms with E-state index in [0.29, 0.717) is 22.9 Å². The van der Waals surface area contributed by atoms with Gasteiger partial charge in [-0.05, 0) is 38.1 Å². The standard InChI is InChI=1S/C21H22N2O7/c1-13(22-19(24)11-27-16-6-4-3-5-7-16)21(26)30-14(2)20(25)23-15-8-9-17-18(10-15)29-12-28-17/h3-10,13-14H,11-12H2,1-2H3,(H,22,24)(H,23,25)/t13-,14+/m0/s1. The molecule has 0 bridgehead atoms. The average molecular weight is 414 g/mol. The molecule has 0 radical (unpaired) electrons. The lowest BCUT2D eigenvalue weighted by molar-refractivity contribution is -0.155. The normalized spacial score (nSPS) is 13.7. The van der Waals surface area contributed by atoms with Crippen LogP contribution in [0.2, 0.25) is 0 Å². The van der Waals surface area contributed by atoms with Crippen LogP contribution in [0.4, 0.5) is 5.69 Å². The van der Waals surface area contributed by atoms with Crippen molar-refractivity contribution in [1.29, 1.82) is 0 Å². The first-order valence-corrected chi connectivity index (χ1v) is 9.30. The maximum Gasteiger partial charge on any atom is 0.329 e. The third kappa shape index (κ3) is 5.63. The summed E-state index contributed by atoms with van der Waals surface area (Å²) in [7, 11) is 0. The second-order valence-electron chi connectivity index (χ2n) is 6.53. The van der Waals surface area contributed by atoms with Crippen molar-refractivity contribution in [2.24, 2.45) is 0 Å². The molecule has 2 aromatic carbocycles. The molecule has 2 atom stereocenters. The molecule has 0 saturated heterocycles. The molecular formula is C21H22N2O7. The summed E-state index contributed by atoms with van der Waals surface area (Å²) in [5, 5.41) is 5.11. The van der Waals surface area contributed by atoms with E-state index in [-0.39, 0.29) is 13.4 Å². The number of fused-ring (bicyclic) bond motifs is 1. The molecule has 0 fully saturated rings. The van der Waals surface area contributed by atoms with Crippen LogP contribution in [0.15, 0.2) is 48.5 Å². The molecule has 2 N–H and O–H groups in total. The number of ether oxygens (including phenoxy) is 4. The summed E-state index contributed by atoms with van der Waals surface area (Å²) >= 11 is 0. The molecule has 2 aromatic rings. The molecule has 30 heavy (non-hydrogen) atoms. The fourth-order valence-electron chi connectivity index (χ4n) is 2.56. The number of rotatable bonds is 8. The van der Waals surface area contributed by atoms with E-state index >= 15 is 0 Å². The Morgan fingerprint density at radius 1 is 1.03 bits per heavy atom. The lowest BCUT2D eigenvalue weighted by Gasteiger charge is -2.18. The minimum atomic E-state index is -1.07. The van der Waals surface area contributed by atoms with E-state index in [4.69, 9.17) is 18.9 Å². The van der Waals surface area contributed by atoms with Crippen LogP contribution in [0.25, 0.3) is 0 Å². The number of para-hydroxylation sites is 1. The molecule has 3 rings (SSSR count). The Labute approximate surface area is 173 Å². The highest BCUT2D eigenvalue weighted by molar-refractivity contribution is 5.96. The zero-order valence-electron chi connectivity index (χ0n) is 16.5. The number of nitrogens with one attached hydrogen (secondary N) is 2. The van der Waals surface area contributed by atoms with Crippen LogP contribution in [0.1, 0.15) is 13.8 Å². The Balaban J connectivity index is 1.43. The van der Waals surface area contributed by atoms with Gasteiger partial charge in [0.05, 0.1) is 0 Å². The van der Waals surface area contributed by atoms with Gasteiger partial charge in [-0.25, -0.2) is 4.79 Å². The Bertz CT molecular complexity index is 917. The molecular weight excluding hydrogens is 392 g/mol. The van der Waals surface area contributed by atoms with E-state index in [1.807, 2.05) is 6.07 Å². The quantitative estimate of drug-likeness (QED) is 0.634. The molecule has 1 aliphatic rings. The molecule has 158 valence electrons. The zero-order valence-corrected chi connectivity index (χ0v) is 16.5. The number of carbonyl (C=O) groups excluding carboxylic acids is 3. The van der Waals surface area contributed by atoms with Crippen molar-refractivity contribution >= 4 is 23.5 Å². The van der Waals surface area contributed by atoms with Crippen LogP contribution >= 0.6 is 0 Å². The molecule has 0 aliphatic carbocycles. The van der Waals surface area contributed by atoms with Gasteiger partial charge in [-0.15, -0.1) is 0 Å². The molecule has 0 spiro atoms. The van der Waals surface area contributed by atoms with E-state index in [1.54, 1.807) is 42.5 Å². The number of hydrogen-bond acceptors (Lipinski definition) is 7. The average Bonchev–Trinajstić information content (AvgIpc) is 3.20. The number of amides is 2. The number of anilines is 1. The first-order chi connectivity index (χ1) is 14.4. The predicted octanol–water partition coefficient (Wildman–Crippen LogP) is 1.87. The zero-order chi connectivity index (χ0) is 21.5. The first kappa shape index (κ1) is 21.0. The molecule has 0 unspecified atom stereocenters. The van der Waals surface area contributed by atoms with Crippen molar-refractivity contribution in [2.75, 3.05) is 18.7 Å². The molecule has 2 amide bonds. The SMILES string of the molecule is C[C@H](NC(=O)COc1ccccc1)C(=O)O[C@H](C)C(=O)Nc1ccc2c(c1)OCO2. The third-order valence-corrected chi connectivity index (χ3v) is 4.15. The van der Waals surface area contributed by atoms with Crippen LogP contribution in [0, 0.1) is 0 Å². The van der Waals surface area contributed by atoms with Gasteiger partial charge in [0.15, 0.2) is 24.2 Å². The van der Waals surface area contributed by atoms with Gasteiger partial charge in [0.1, 0.15) is 11.8 Å². The van der Waals surface area contributed by atoms with Crippen LogP contribution in [0.5, 0.6) is 17.2 Å². The van der Waals surface area contributed by atoms with E-state index < -0.39 is 29.9 Å². The summed E-state index contributed by atoms with van der Waals surface area (Å²) in [5.41, 5.74) is 0.478. The summed E-state index contributed by atoms with van der Waals surface area (Å²) in [6.45, 7) is 2.78. The maximum atomic E-state index is 12.3. The van der Waals surface area contributed by atoms with Crippen LogP contribution in [-0.4, -0.2) is 43.3 Å². The molecule has 0 saturated carbocycles. The van der Waals surface area contributed by atoms with Gasteiger partial charge in [-0.3, -0.25) is 9.59 Å². The highest BCUT2D eigenvalue weighted by Gasteiger charge is 2.24. The van der Waals surface area contributed by atoms with Crippen molar-refractivity contribution in [3.63, 3.8) is 0 Å². The fraction of sp³-hybridized carbons (Fsp3) is 0.286. The predicted molar refractivity (Wildman–Crippen MR) is 106 cm³/mol. The van der Waals surface area contributed by atoms with E-state index in [9.17, 15) is 14.4 Å². The lowest BCUT2D eigenvalue weighted by atomic mass is 10.2. The molecule has 9 heteroatoms. The van der Waals surface area contributed by atoms with Crippen molar-refractivity contribution in [2.45, 2.75) is 26.0 Å². The monoisotopic (exact) mass is 414 g/mol. The largest absolute Gasteiger partial charge is 0.484 e. The first-order valence-electron chi connectivity index (χ1n) is 9.30. The Kier molecular flexibility index (Phi) is 6.74. The van der Waals surface area contributed by atoms with Crippen molar-refractivity contribution in [1.82, 2.24) is 5.32 Å². The van der Waals surface area contributed by atoms with Crippen molar-refractivity contribution < 1.29 is 33.3 Å².